The number of halogens is 2. The maximum Gasteiger partial charge on any atom is 0.319 e. The number of benzene rings is 3. The first-order valence-electron chi connectivity index (χ1n) is 15.1. The van der Waals surface area contributed by atoms with E-state index in [2.05, 4.69) is 26.0 Å². The summed E-state index contributed by atoms with van der Waals surface area (Å²) in [5.74, 6) is 1.73. The number of fused-ring (bicyclic) bond motifs is 4. The van der Waals surface area contributed by atoms with Gasteiger partial charge in [-0.15, -0.1) is 6.42 Å². The molecule has 0 amide bonds. The highest BCUT2D eigenvalue weighted by Gasteiger charge is 2.47. The summed E-state index contributed by atoms with van der Waals surface area (Å²) in [4.78, 5) is 13.7. The van der Waals surface area contributed by atoms with Gasteiger partial charge in [0.2, 0.25) is 0 Å². The van der Waals surface area contributed by atoms with Crippen LogP contribution in [0.5, 0.6) is 6.01 Å². The molecule has 1 aliphatic carbocycles. The number of aromatic nitrogens is 2. The highest BCUT2D eigenvalue weighted by Crippen LogP contribution is 2.47. The van der Waals surface area contributed by atoms with E-state index >= 15 is 8.78 Å². The van der Waals surface area contributed by atoms with Crippen LogP contribution in [0.15, 0.2) is 42.5 Å². The van der Waals surface area contributed by atoms with Crippen molar-refractivity contribution in [2.75, 3.05) is 44.2 Å². The molecule has 8 rings (SSSR count). The maximum absolute atomic E-state index is 16.7. The SMILES string of the molecule is C#Cc1cccc2cccc(-c3c(F)cc4c(N5CC6CCC(C5)N6)nc(OCC5(CN6CC(O)C6)CC5)nc4c3F)c12. The number of rotatable bonds is 7. The minimum absolute atomic E-state index is 0.0200. The molecule has 2 bridgehead atoms. The second-order valence-electron chi connectivity index (χ2n) is 12.8. The van der Waals surface area contributed by atoms with Crippen LogP contribution in [-0.4, -0.2) is 77.5 Å². The minimum Gasteiger partial charge on any atom is -0.463 e. The number of terminal acetylenes is 1. The number of nitrogens with one attached hydrogen (secondary N) is 1. The maximum atomic E-state index is 16.7. The van der Waals surface area contributed by atoms with Gasteiger partial charge in [0.15, 0.2) is 5.82 Å². The predicted octanol–water partition coefficient (Wildman–Crippen LogP) is 4.49. The number of ether oxygens (including phenoxy) is 1. The van der Waals surface area contributed by atoms with Crippen LogP contribution in [0, 0.1) is 29.4 Å². The van der Waals surface area contributed by atoms with Crippen molar-refractivity contribution in [3.63, 3.8) is 0 Å². The van der Waals surface area contributed by atoms with Crippen molar-refractivity contribution in [3.8, 4) is 29.5 Å². The van der Waals surface area contributed by atoms with Gasteiger partial charge >= 0.3 is 6.01 Å². The van der Waals surface area contributed by atoms with Crippen LogP contribution in [0.3, 0.4) is 0 Å². The molecule has 2 unspecified atom stereocenters. The molecule has 1 saturated carbocycles. The van der Waals surface area contributed by atoms with E-state index in [0.717, 1.165) is 37.6 Å². The predicted molar refractivity (Wildman–Crippen MR) is 162 cm³/mol. The minimum atomic E-state index is -0.753. The Morgan fingerprint density at radius 1 is 1.05 bits per heavy atom. The summed E-state index contributed by atoms with van der Waals surface area (Å²) in [5.41, 5.74) is 0.813. The van der Waals surface area contributed by atoms with Crippen molar-refractivity contribution in [1.29, 1.82) is 0 Å². The molecule has 1 aromatic heterocycles. The normalized spacial score (nSPS) is 23.0. The van der Waals surface area contributed by atoms with Crippen LogP contribution < -0.4 is 15.0 Å². The van der Waals surface area contributed by atoms with Crippen LogP contribution in [0.4, 0.5) is 14.6 Å². The second kappa shape index (κ2) is 10.1. The van der Waals surface area contributed by atoms with Crippen LogP contribution in [0.25, 0.3) is 32.8 Å². The number of aliphatic hydroxyl groups excluding tert-OH is 1. The number of likely N-dealkylation sites (tertiary alicyclic amines) is 1. The number of hydrogen-bond acceptors (Lipinski definition) is 7. The van der Waals surface area contributed by atoms with E-state index < -0.39 is 11.6 Å². The van der Waals surface area contributed by atoms with Crippen molar-refractivity contribution in [2.24, 2.45) is 5.41 Å². The van der Waals surface area contributed by atoms with Crippen molar-refractivity contribution in [2.45, 2.75) is 43.9 Å². The van der Waals surface area contributed by atoms with E-state index in [9.17, 15) is 5.11 Å². The largest absolute Gasteiger partial charge is 0.463 e. The van der Waals surface area contributed by atoms with E-state index in [1.54, 1.807) is 18.2 Å². The van der Waals surface area contributed by atoms with E-state index in [1.165, 1.54) is 6.07 Å². The van der Waals surface area contributed by atoms with Crippen molar-refractivity contribution in [1.82, 2.24) is 20.2 Å². The Bertz CT molecular complexity index is 1780. The molecule has 4 fully saturated rings. The fourth-order valence-electron chi connectivity index (χ4n) is 7.24. The zero-order valence-electron chi connectivity index (χ0n) is 23.8. The highest BCUT2D eigenvalue weighted by atomic mass is 19.1. The lowest BCUT2D eigenvalue weighted by Gasteiger charge is -2.38. The third kappa shape index (κ3) is 4.69. The number of β-amino-alcohol motifs (C(OH)–C–C–N with tert-alkyl or cyclic N) is 1. The second-order valence-corrected chi connectivity index (χ2v) is 12.8. The van der Waals surface area contributed by atoms with Crippen LogP contribution in [-0.2, 0) is 0 Å². The molecule has 4 aliphatic rings. The Labute approximate surface area is 248 Å². The summed E-state index contributed by atoms with van der Waals surface area (Å²) in [7, 11) is 0. The summed E-state index contributed by atoms with van der Waals surface area (Å²) < 4.78 is 39.1. The Morgan fingerprint density at radius 3 is 2.49 bits per heavy atom. The smallest absolute Gasteiger partial charge is 0.319 e. The average molecular weight is 582 g/mol. The summed E-state index contributed by atoms with van der Waals surface area (Å²) in [5, 5.41) is 15.1. The van der Waals surface area contributed by atoms with Crippen LogP contribution in [0.2, 0.25) is 0 Å². The molecule has 3 saturated heterocycles. The van der Waals surface area contributed by atoms with Gasteiger partial charge in [-0.05, 0) is 48.8 Å². The fourth-order valence-corrected chi connectivity index (χ4v) is 7.24. The van der Waals surface area contributed by atoms with Gasteiger partial charge in [0.1, 0.15) is 17.2 Å². The molecule has 2 atom stereocenters. The first-order chi connectivity index (χ1) is 20.9. The highest BCUT2D eigenvalue weighted by molar-refractivity contribution is 6.03. The van der Waals surface area contributed by atoms with E-state index in [-0.39, 0.29) is 28.6 Å². The van der Waals surface area contributed by atoms with Gasteiger partial charge in [-0.3, -0.25) is 4.90 Å². The van der Waals surface area contributed by atoms with Crippen LogP contribution in [0.1, 0.15) is 31.2 Å². The Kier molecular flexibility index (Phi) is 6.30. The molecule has 3 aliphatic heterocycles. The summed E-state index contributed by atoms with van der Waals surface area (Å²) in [6.45, 7) is 4.00. The Hall–Kier alpha value is -3.84. The van der Waals surface area contributed by atoms with E-state index in [1.807, 2.05) is 18.2 Å². The summed E-state index contributed by atoms with van der Waals surface area (Å²) >= 11 is 0. The molecule has 220 valence electrons. The standard InChI is InChI=1S/C34H33F2N5O2/c1-2-20-5-3-6-21-7-4-8-25(28(20)21)29-27(35)13-26-31(30(29)36)38-33(39-32(26)41-14-22-9-10-23(15-41)37-22)43-19-34(11-12-34)18-40-16-24(42)17-40/h1,3-8,13,22-24,37,42H,9-12,14-19H2. The summed E-state index contributed by atoms with van der Waals surface area (Å²) in [6.07, 6.45) is 9.70. The van der Waals surface area contributed by atoms with Gasteiger partial charge in [-0.2, -0.15) is 9.97 Å². The molecule has 3 aromatic carbocycles. The lowest BCUT2D eigenvalue weighted by atomic mass is 9.93. The zero-order valence-corrected chi connectivity index (χ0v) is 23.8. The number of piperazine rings is 1. The lowest BCUT2D eigenvalue weighted by molar-refractivity contribution is -0.0142. The van der Waals surface area contributed by atoms with Gasteiger partial charge in [0.05, 0.1) is 18.3 Å². The van der Waals surface area contributed by atoms with Crippen molar-refractivity contribution < 1.29 is 18.6 Å². The molecule has 0 radical (unpaired) electrons. The molecular weight excluding hydrogens is 548 g/mol. The number of anilines is 1. The monoisotopic (exact) mass is 581 g/mol. The van der Waals surface area contributed by atoms with Gasteiger partial charge in [0.25, 0.3) is 0 Å². The first kappa shape index (κ1) is 26.8. The Morgan fingerprint density at radius 2 is 1.79 bits per heavy atom. The van der Waals surface area contributed by atoms with Crippen molar-refractivity contribution in [3.05, 3.63) is 59.7 Å². The van der Waals surface area contributed by atoms with Gasteiger partial charge in [-0.1, -0.05) is 36.3 Å². The molecule has 4 heterocycles. The van der Waals surface area contributed by atoms with E-state index in [0.29, 0.717) is 72.6 Å². The number of hydrogen-bond donors (Lipinski definition) is 2. The average Bonchev–Trinajstić information content (AvgIpc) is 3.69. The molecule has 9 heteroatoms. The molecule has 43 heavy (non-hydrogen) atoms. The van der Waals surface area contributed by atoms with Crippen LogP contribution >= 0.6 is 0 Å². The topological polar surface area (TPSA) is 73.8 Å². The fraction of sp³-hybridized carbons (Fsp3) is 0.412. The number of aliphatic hydroxyl groups is 1. The lowest BCUT2D eigenvalue weighted by Crippen LogP contribution is -2.53. The number of nitrogens with zero attached hydrogens (tertiary/aromatic N) is 4. The molecule has 7 nitrogen and oxygen atoms in total. The molecule has 4 aromatic rings. The summed E-state index contributed by atoms with van der Waals surface area (Å²) in [6, 6.07) is 13.0. The van der Waals surface area contributed by atoms with E-state index in [4.69, 9.17) is 16.1 Å². The third-order valence-corrected chi connectivity index (χ3v) is 9.65. The molecular formula is C34H33F2N5O2. The van der Waals surface area contributed by atoms with Crippen molar-refractivity contribution >= 4 is 27.5 Å². The third-order valence-electron chi connectivity index (χ3n) is 9.65. The van der Waals surface area contributed by atoms with Gasteiger partial charge in [0, 0.05) is 66.6 Å². The van der Waals surface area contributed by atoms with Gasteiger partial charge < -0.3 is 20.1 Å². The quantitative estimate of drug-likeness (QED) is 0.312. The Balaban J connectivity index is 1.24. The van der Waals surface area contributed by atoms with Gasteiger partial charge in [-0.25, -0.2) is 8.78 Å². The first-order valence-corrected chi connectivity index (χ1v) is 15.1. The molecule has 0 spiro atoms. The zero-order chi connectivity index (χ0) is 29.3. The molecule has 2 N–H and O–H groups in total.